The van der Waals surface area contributed by atoms with Crippen LogP contribution in [0, 0.1) is 13.8 Å². The minimum Gasteiger partial charge on any atom is -0.497 e. The Balaban J connectivity index is 1.58. The van der Waals surface area contributed by atoms with Gasteiger partial charge in [-0.15, -0.1) is 0 Å². The third-order valence-corrected chi connectivity index (χ3v) is 4.01. The van der Waals surface area contributed by atoms with Gasteiger partial charge in [0.25, 0.3) is 0 Å². The molecule has 26 heavy (non-hydrogen) atoms. The third kappa shape index (κ3) is 4.96. The average molecular weight is 348 g/mol. The molecule has 3 aromatic rings. The van der Waals surface area contributed by atoms with E-state index in [0.29, 0.717) is 5.95 Å². The summed E-state index contributed by atoms with van der Waals surface area (Å²) in [5.41, 5.74) is 4.67. The fourth-order valence-corrected chi connectivity index (χ4v) is 2.82. The molecule has 0 aliphatic rings. The van der Waals surface area contributed by atoms with Crippen molar-refractivity contribution in [1.29, 1.82) is 0 Å². The van der Waals surface area contributed by atoms with Crippen LogP contribution in [0.25, 0.3) is 0 Å². The molecule has 134 valence electrons. The summed E-state index contributed by atoms with van der Waals surface area (Å²) in [6, 6.07) is 16.3. The summed E-state index contributed by atoms with van der Waals surface area (Å²) < 4.78 is 5.18. The van der Waals surface area contributed by atoms with Crippen molar-refractivity contribution in [2.45, 2.75) is 20.3 Å². The molecular formula is C21H24N4O. The smallest absolute Gasteiger partial charge is 0.229 e. The maximum absolute atomic E-state index is 5.18. The molecule has 2 aromatic carbocycles. The van der Waals surface area contributed by atoms with Crippen LogP contribution in [0.15, 0.2) is 54.7 Å². The van der Waals surface area contributed by atoms with Crippen LogP contribution in [0.3, 0.4) is 0 Å². The molecule has 2 N–H and O–H groups in total. The van der Waals surface area contributed by atoms with Crippen LogP contribution in [0.1, 0.15) is 16.7 Å². The number of ether oxygens (including phenoxy) is 1. The van der Waals surface area contributed by atoms with Gasteiger partial charge in [0, 0.05) is 18.4 Å². The molecule has 0 amide bonds. The summed E-state index contributed by atoms with van der Waals surface area (Å²) in [5, 5.41) is 6.62. The van der Waals surface area contributed by atoms with Gasteiger partial charge in [0.2, 0.25) is 5.95 Å². The van der Waals surface area contributed by atoms with E-state index in [1.807, 2.05) is 18.2 Å². The molecule has 0 aliphatic heterocycles. The molecule has 0 atom stereocenters. The molecule has 0 unspecified atom stereocenters. The van der Waals surface area contributed by atoms with Crippen molar-refractivity contribution in [2.75, 3.05) is 24.3 Å². The molecule has 0 saturated carbocycles. The maximum Gasteiger partial charge on any atom is 0.229 e. The second-order valence-electron chi connectivity index (χ2n) is 6.29. The number of aromatic nitrogens is 2. The van der Waals surface area contributed by atoms with Crippen molar-refractivity contribution in [2.24, 2.45) is 0 Å². The first-order valence-electron chi connectivity index (χ1n) is 8.67. The highest BCUT2D eigenvalue weighted by atomic mass is 16.5. The molecular weight excluding hydrogens is 324 g/mol. The number of hydrogen-bond acceptors (Lipinski definition) is 5. The number of nitrogens with zero attached hydrogens (tertiary/aromatic N) is 2. The number of rotatable bonds is 7. The topological polar surface area (TPSA) is 59.1 Å². The summed E-state index contributed by atoms with van der Waals surface area (Å²) >= 11 is 0. The van der Waals surface area contributed by atoms with Crippen LogP contribution in [-0.2, 0) is 6.42 Å². The van der Waals surface area contributed by atoms with Crippen LogP contribution in [0.2, 0.25) is 0 Å². The maximum atomic E-state index is 5.18. The van der Waals surface area contributed by atoms with E-state index in [1.54, 1.807) is 13.3 Å². The van der Waals surface area contributed by atoms with Gasteiger partial charge >= 0.3 is 0 Å². The Labute approximate surface area is 154 Å². The van der Waals surface area contributed by atoms with Crippen molar-refractivity contribution in [1.82, 2.24) is 9.97 Å². The van der Waals surface area contributed by atoms with Gasteiger partial charge in [-0.1, -0.05) is 18.2 Å². The molecule has 0 spiro atoms. The summed E-state index contributed by atoms with van der Waals surface area (Å²) in [5.74, 6) is 2.27. The Morgan fingerprint density at radius 2 is 1.69 bits per heavy atom. The van der Waals surface area contributed by atoms with Crippen LogP contribution >= 0.6 is 0 Å². The number of hydrogen-bond donors (Lipinski definition) is 2. The highest BCUT2D eigenvalue weighted by Gasteiger charge is 2.02. The lowest BCUT2D eigenvalue weighted by Gasteiger charge is -2.10. The zero-order valence-electron chi connectivity index (χ0n) is 15.4. The van der Waals surface area contributed by atoms with Crippen molar-refractivity contribution in [3.63, 3.8) is 0 Å². The predicted molar refractivity (Wildman–Crippen MR) is 106 cm³/mol. The highest BCUT2D eigenvalue weighted by molar-refractivity contribution is 5.57. The average Bonchev–Trinajstić information content (AvgIpc) is 2.62. The number of anilines is 3. The zero-order valence-corrected chi connectivity index (χ0v) is 15.4. The van der Waals surface area contributed by atoms with Gasteiger partial charge in [0.05, 0.1) is 7.11 Å². The third-order valence-electron chi connectivity index (χ3n) is 4.01. The summed E-state index contributed by atoms with van der Waals surface area (Å²) in [4.78, 5) is 8.84. The number of nitrogens with one attached hydrogen (secondary N) is 2. The minimum absolute atomic E-state index is 0.587. The first-order chi connectivity index (χ1) is 12.6. The molecule has 0 aliphatic carbocycles. The summed E-state index contributed by atoms with van der Waals surface area (Å²) in [7, 11) is 1.68. The van der Waals surface area contributed by atoms with E-state index in [4.69, 9.17) is 4.74 Å². The van der Waals surface area contributed by atoms with E-state index in [-0.39, 0.29) is 0 Å². The second-order valence-corrected chi connectivity index (χ2v) is 6.29. The normalized spacial score (nSPS) is 10.4. The molecule has 0 saturated heterocycles. The highest BCUT2D eigenvalue weighted by Crippen LogP contribution is 2.18. The molecule has 1 heterocycles. The van der Waals surface area contributed by atoms with Crippen LogP contribution < -0.4 is 15.4 Å². The monoisotopic (exact) mass is 348 g/mol. The van der Waals surface area contributed by atoms with Gasteiger partial charge in [-0.3, -0.25) is 0 Å². The predicted octanol–water partition coefficient (Wildman–Crippen LogP) is 4.50. The van der Waals surface area contributed by atoms with E-state index in [0.717, 1.165) is 30.2 Å². The standard InChI is InChI=1S/C21H24N4O/c1-15-12-16(2)14-18(13-15)24-21-23-11-9-20(25-21)22-10-8-17-4-6-19(26-3)7-5-17/h4-7,9,11-14H,8,10H2,1-3H3,(H2,22,23,24,25). The van der Waals surface area contributed by atoms with Gasteiger partial charge in [-0.05, 0) is 67.3 Å². The van der Waals surface area contributed by atoms with Crippen LogP contribution in [-0.4, -0.2) is 23.6 Å². The van der Waals surface area contributed by atoms with Gasteiger partial charge in [0.15, 0.2) is 0 Å². The van der Waals surface area contributed by atoms with Crippen molar-refractivity contribution < 1.29 is 4.74 Å². The Morgan fingerprint density at radius 3 is 2.38 bits per heavy atom. The number of benzene rings is 2. The molecule has 0 fully saturated rings. The molecule has 0 bridgehead atoms. The number of methoxy groups -OCH3 is 1. The first-order valence-corrected chi connectivity index (χ1v) is 8.67. The summed E-state index contributed by atoms with van der Waals surface area (Å²) in [6.07, 6.45) is 2.67. The Hall–Kier alpha value is -3.08. The quantitative estimate of drug-likeness (QED) is 0.658. The molecule has 5 nitrogen and oxygen atoms in total. The van der Waals surface area contributed by atoms with Gasteiger partial charge in [-0.2, -0.15) is 4.98 Å². The Bertz CT molecular complexity index is 842. The molecule has 5 heteroatoms. The van der Waals surface area contributed by atoms with Gasteiger partial charge < -0.3 is 15.4 Å². The largest absolute Gasteiger partial charge is 0.497 e. The SMILES string of the molecule is COc1ccc(CCNc2ccnc(Nc3cc(C)cc(C)c3)n2)cc1. The van der Waals surface area contributed by atoms with E-state index in [1.165, 1.54) is 16.7 Å². The van der Waals surface area contributed by atoms with Crippen LogP contribution in [0.4, 0.5) is 17.5 Å². The fraction of sp³-hybridized carbons (Fsp3) is 0.238. The van der Waals surface area contributed by atoms with Crippen molar-refractivity contribution >= 4 is 17.5 Å². The number of aryl methyl sites for hydroxylation is 2. The Kier molecular flexibility index (Phi) is 5.69. The first kappa shape index (κ1) is 17.7. The molecule has 0 radical (unpaired) electrons. The summed E-state index contributed by atoms with van der Waals surface area (Å²) in [6.45, 7) is 4.96. The Morgan fingerprint density at radius 1 is 0.962 bits per heavy atom. The van der Waals surface area contributed by atoms with E-state index in [9.17, 15) is 0 Å². The lowest BCUT2D eigenvalue weighted by molar-refractivity contribution is 0.414. The molecule has 3 rings (SSSR count). The van der Waals surface area contributed by atoms with Gasteiger partial charge in [0.1, 0.15) is 11.6 Å². The second kappa shape index (κ2) is 8.34. The van der Waals surface area contributed by atoms with E-state index < -0.39 is 0 Å². The van der Waals surface area contributed by atoms with Gasteiger partial charge in [-0.25, -0.2) is 4.98 Å². The van der Waals surface area contributed by atoms with E-state index in [2.05, 4.69) is 64.8 Å². The van der Waals surface area contributed by atoms with E-state index >= 15 is 0 Å². The fourth-order valence-electron chi connectivity index (χ4n) is 2.82. The van der Waals surface area contributed by atoms with Crippen molar-refractivity contribution in [3.05, 3.63) is 71.4 Å². The zero-order chi connectivity index (χ0) is 18.4. The molecule has 1 aromatic heterocycles. The van der Waals surface area contributed by atoms with Crippen molar-refractivity contribution in [3.8, 4) is 5.75 Å². The van der Waals surface area contributed by atoms with Crippen LogP contribution in [0.5, 0.6) is 5.75 Å². The lowest BCUT2D eigenvalue weighted by Crippen LogP contribution is -2.07. The lowest BCUT2D eigenvalue weighted by atomic mass is 10.1. The minimum atomic E-state index is 0.587.